The molecule has 0 aliphatic carbocycles. The molecule has 0 saturated heterocycles. The average molecular weight is 267 g/mol. The summed E-state index contributed by atoms with van der Waals surface area (Å²) in [6, 6.07) is 8.16. The molecule has 0 saturated carbocycles. The predicted octanol–water partition coefficient (Wildman–Crippen LogP) is 2.23. The summed E-state index contributed by atoms with van der Waals surface area (Å²) in [6.07, 6.45) is 0.926. The van der Waals surface area contributed by atoms with Gasteiger partial charge in [0.2, 0.25) is 0 Å². The second-order valence-corrected chi connectivity index (χ2v) is 4.23. The lowest BCUT2D eigenvalue weighted by Crippen LogP contribution is -2.11. The Balaban J connectivity index is 2.09. The minimum atomic E-state index is 0.583. The van der Waals surface area contributed by atoms with Crippen molar-refractivity contribution in [2.24, 2.45) is 0 Å². The maximum atomic E-state index is 5.60. The van der Waals surface area contributed by atoms with E-state index in [1.54, 1.807) is 7.11 Å². The Morgan fingerprint density at radius 2 is 1.79 bits per heavy atom. The van der Waals surface area contributed by atoms with Gasteiger partial charge in [0.15, 0.2) is 0 Å². The second-order valence-electron chi connectivity index (χ2n) is 4.23. The summed E-state index contributed by atoms with van der Waals surface area (Å²) in [5.74, 6) is 0.890. The summed E-state index contributed by atoms with van der Waals surface area (Å²) >= 11 is 0. The van der Waals surface area contributed by atoms with Crippen LogP contribution in [0.25, 0.3) is 0 Å². The Kier molecular flexibility index (Phi) is 9.06. The molecule has 0 heterocycles. The molecule has 0 unspecified atom stereocenters. The van der Waals surface area contributed by atoms with Crippen molar-refractivity contribution >= 4 is 0 Å². The number of hydrogen-bond donors (Lipinski definition) is 1. The molecular weight excluding hydrogens is 242 g/mol. The van der Waals surface area contributed by atoms with Crippen LogP contribution < -0.4 is 10.1 Å². The van der Waals surface area contributed by atoms with Gasteiger partial charge in [-0.3, -0.25) is 0 Å². The van der Waals surface area contributed by atoms with Crippen molar-refractivity contribution in [2.75, 3.05) is 40.1 Å². The zero-order valence-corrected chi connectivity index (χ0v) is 12.0. The lowest BCUT2D eigenvalue weighted by Gasteiger charge is -2.08. The van der Waals surface area contributed by atoms with Gasteiger partial charge in [-0.1, -0.05) is 19.1 Å². The third kappa shape index (κ3) is 7.82. The van der Waals surface area contributed by atoms with Gasteiger partial charge in [0.1, 0.15) is 12.4 Å². The third-order valence-electron chi connectivity index (χ3n) is 2.64. The summed E-state index contributed by atoms with van der Waals surface area (Å²) in [5.41, 5.74) is 1.27. The van der Waals surface area contributed by atoms with Crippen LogP contribution in [-0.4, -0.2) is 40.1 Å². The van der Waals surface area contributed by atoms with E-state index < -0.39 is 0 Å². The molecule has 0 radical (unpaired) electrons. The van der Waals surface area contributed by atoms with Crippen LogP contribution in [0.3, 0.4) is 0 Å². The normalized spacial score (nSPS) is 10.6. The molecule has 0 aliphatic heterocycles. The lowest BCUT2D eigenvalue weighted by molar-refractivity contribution is 0.0806. The van der Waals surface area contributed by atoms with E-state index in [-0.39, 0.29) is 0 Å². The molecule has 1 rings (SSSR count). The molecule has 0 fully saturated rings. The van der Waals surface area contributed by atoms with E-state index in [9.17, 15) is 0 Å². The van der Waals surface area contributed by atoms with E-state index in [2.05, 4.69) is 24.4 Å². The Hall–Kier alpha value is -1.10. The van der Waals surface area contributed by atoms with Crippen molar-refractivity contribution in [3.8, 4) is 5.75 Å². The minimum Gasteiger partial charge on any atom is -0.491 e. The van der Waals surface area contributed by atoms with Gasteiger partial charge in [0, 0.05) is 26.9 Å². The Morgan fingerprint density at radius 1 is 1.00 bits per heavy atom. The van der Waals surface area contributed by atoms with Gasteiger partial charge in [0.05, 0.1) is 6.61 Å². The molecular formula is C15H25NO3. The van der Waals surface area contributed by atoms with E-state index in [1.165, 1.54) is 5.56 Å². The van der Waals surface area contributed by atoms with Crippen LogP contribution in [-0.2, 0) is 16.0 Å². The number of methoxy groups -OCH3 is 1. The largest absolute Gasteiger partial charge is 0.491 e. The molecule has 0 amide bonds. The van der Waals surface area contributed by atoms with Gasteiger partial charge in [-0.25, -0.2) is 0 Å². The SMILES string of the molecule is CCNCc1ccc(OCCOCCCOC)cc1. The lowest BCUT2D eigenvalue weighted by atomic mass is 10.2. The zero-order valence-electron chi connectivity index (χ0n) is 12.0. The van der Waals surface area contributed by atoms with Gasteiger partial charge in [-0.15, -0.1) is 0 Å². The van der Waals surface area contributed by atoms with Crippen molar-refractivity contribution < 1.29 is 14.2 Å². The van der Waals surface area contributed by atoms with Gasteiger partial charge < -0.3 is 19.5 Å². The first kappa shape index (κ1) is 16.0. The summed E-state index contributed by atoms with van der Waals surface area (Å²) in [5, 5.41) is 3.29. The number of benzene rings is 1. The Bertz CT molecular complexity index is 314. The standard InChI is InChI=1S/C15H25NO3/c1-3-16-13-14-5-7-15(8-6-14)19-12-11-18-10-4-9-17-2/h5-8,16H,3-4,9-13H2,1-2H3. The molecule has 1 aromatic carbocycles. The van der Waals surface area contributed by atoms with E-state index in [4.69, 9.17) is 14.2 Å². The van der Waals surface area contributed by atoms with Crippen LogP contribution >= 0.6 is 0 Å². The maximum absolute atomic E-state index is 5.60. The fourth-order valence-electron chi connectivity index (χ4n) is 1.60. The number of rotatable bonds is 11. The smallest absolute Gasteiger partial charge is 0.119 e. The van der Waals surface area contributed by atoms with Crippen molar-refractivity contribution in [3.05, 3.63) is 29.8 Å². The molecule has 1 aromatic rings. The highest BCUT2D eigenvalue weighted by molar-refractivity contribution is 5.27. The number of hydrogen-bond acceptors (Lipinski definition) is 4. The van der Waals surface area contributed by atoms with Crippen LogP contribution in [0.2, 0.25) is 0 Å². The Morgan fingerprint density at radius 3 is 2.47 bits per heavy atom. The topological polar surface area (TPSA) is 39.7 Å². The highest BCUT2D eigenvalue weighted by atomic mass is 16.5. The summed E-state index contributed by atoms with van der Waals surface area (Å²) < 4.78 is 16.0. The molecule has 0 aromatic heterocycles. The van der Waals surface area contributed by atoms with E-state index in [0.29, 0.717) is 13.2 Å². The molecule has 0 spiro atoms. The van der Waals surface area contributed by atoms with Crippen molar-refractivity contribution in [2.45, 2.75) is 19.9 Å². The molecule has 1 N–H and O–H groups in total. The zero-order chi connectivity index (χ0) is 13.8. The van der Waals surface area contributed by atoms with Gasteiger partial charge in [0.25, 0.3) is 0 Å². The van der Waals surface area contributed by atoms with E-state index in [0.717, 1.165) is 38.5 Å². The van der Waals surface area contributed by atoms with Crippen LogP contribution in [0, 0.1) is 0 Å². The minimum absolute atomic E-state index is 0.583. The first-order valence-corrected chi connectivity index (χ1v) is 6.86. The van der Waals surface area contributed by atoms with Crippen molar-refractivity contribution in [1.82, 2.24) is 5.32 Å². The average Bonchev–Trinajstić information content (AvgIpc) is 2.45. The quantitative estimate of drug-likeness (QED) is 0.624. The molecule has 0 atom stereocenters. The van der Waals surface area contributed by atoms with Crippen molar-refractivity contribution in [3.63, 3.8) is 0 Å². The summed E-state index contributed by atoms with van der Waals surface area (Å²) in [6.45, 7) is 6.65. The summed E-state index contributed by atoms with van der Waals surface area (Å²) in [4.78, 5) is 0. The van der Waals surface area contributed by atoms with E-state index >= 15 is 0 Å². The first-order chi connectivity index (χ1) is 9.36. The van der Waals surface area contributed by atoms with Crippen molar-refractivity contribution in [1.29, 1.82) is 0 Å². The molecule has 4 nitrogen and oxygen atoms in total. The van der Waals surface area contributed by atoms with Crippen LogP contribution in [0.15, 0.2) is 24.3 Å². The number of nitrogens with one attached hydrogen (secondary N) is 1. The highest BCUT2D eigenvalue weighted by Crippen LogP contribution is 2.11. The van der Waals surface area contributed by atoms with Gasteiger partial charge in [-0.2, -0.15) is 0 Å². The predicted molar refractivity (Wildman–Crippen MR) is 76.6 cm³/mol. The van der Waals surface area contributed by atoms with Crippen LogP contribution in [0.1, 0.15) is 18.9 Å². The molecule has 4 heteroatoms. The Labute approximate surface area is 116 Å². The van der Waals surface area contributed by atoms with Crippen LogP contribution in [0.5, 0.6) is 5.75 Å². The molecule has 108 valence electrons. The van der Waals surface area contributed by atoms with Crippen LogP contribution in [0.4, 0.5) is 0 Å². The molecule has 19 heavy (non-hydrogen) atoms. The number of ether oxygens (including phenoxy) is 3. The maximum Gasteiger partial charge on any atom is 0.119 e. The fourth-order valence-corrected chi connectivity index (χ4v) is 1.60. The molecule has 0 bridgehead atoms. The third-order valence-corrected chi connectivity index (χ3v) is 2.64. The highest BCUT2D eigenvalue weighted by Gasteiger charge is 1.96. The molecule has 0 aliphatic rings. The first-order valence-electron chi connectivity index (χ1n) is 6.86. The van der Waals surface area contributed by atoms with Gasteiger partial charge >= 0.3 is 0 Å². The summed E-state index contributed by atoms with van der Waals surface area (Å²) in [7, 11) is 1.70. The van der Waals surface area contributed by atoms with Gasteiger partial charge in [-0.05, 0) is 30.7 Å². The second kappa shape index (κ2) is 10.8. The van der Waals surface area contributed by atoms with E-state index in [1.807, 2.05) is 12.1 Å². The fraction of sp³-hybridized carbons (Fsp3) is 0.600. The monoisotopic (exact) mass is 267 g/mol.